The summed E-state index contributed by atoms with van der Waals surface area (Å²) in [6.07, 6.45) is 0. The monoisotopic (exact) mass is 243 g/mol. The first-order valence-electron chi connectivity index (χ1n) is 5.22. The molecule has 0 spiro atoms. The van der Waals surface area contributed by atoms with E-state index in [2.05, 4.69) is 21.8 Å². The van der Waals surface area contributed by atoms with Crippen molar-refractivity contribution in [3.05, 3.63) is 22.7 Å². The molecule has 0 aliphatic rings. The first-order valence-corrected chi connectivity index (χ1v) is 5.60. The molecule has 1 unspecified atom stereocenters. The third-order valence-electron chi connectivity index (χ3n) is 2.42. The van der Waals surface area contributed by atoms with Crippen molar-refractivity contribution >= 4 is 11.6 Å². The fourth-order valence-corrected chi connectivity index (χ4v) is 1.66. The molecule has 0 saturated heterocycles. The summed E-state index contributed by atoms with van der Waals surface area (Å²) in [5.74, 6) is 0.746. The van der Waals surface area contributed by atoms with Crippen molar-refractivity contribution in [2.75, 3.05) is 20.8 Å². The van der Waals surface area contributed by atoms with Gasteiger partial charge in [-0.2, -0.15) is 0 Å². The van der Waals surface area contributed by atoms with E-state index in [0.29, 0.717) is 24.3 Å². The Bertz CT molecular complexity index is 326. The smallest absolute Gasteiger partial charge is 0.144 e. The molecule has 0 saturated carbocycles. The van der Waals surface area contributed by atoms with Crippen LogP contribution in [0.4, 0.5) is 0 Å². The Morgan fingerprint density at radius 2 is 2.19 bits per heavy atom. The lowest BCUT2D eigenvalue weighted by molar-refractivity contribution is 0.110. The van der Waals surface area contributed by atoms with Crippen LogP contribution in [0.1, 0.15) is 18.4 Å². The van der Waals surface area contributed by atoms with Crippen molar-refractivity contribution in [3.8, 4) is 0 Å². The fraction of sp³-hybridized carbons (Fsp3) is 0.636. The molecule has 1 aromatic rings. The number of aryl methyl sites for hydroxylation is 1. The first kappa shape index (κ1) is 13.4. The zero-order valence-electron chi connectivity index (χ0n) is 10.2. The summed E-state index contributed by atoms with van der Waals surface area (Å²) in [7, 11) is 3.72. The van der Waals surface area contributed by atoms with Crippen LogP contribution in [0.5, 0.6) is 0 Å². The van der Waals surface area contributed by atoms with Crippen LogP contribution >= 0.6 is 11.6 Å². The molecule has 4 nitrogen and oxygen atoms in total. The summed E-state index contributed by atoms with van der Waals surface area (Å²) < 4.78 is 5.10. The topological polar surface area (TPSA) is 38.2 Å². The molecule has 0 bridgehead atoms. The standard InChI is InChI=1S/C11H18ClN3O/c1-8-5-10(12)14-11(13-8)6-15(3)9(2)7-16-4/h5,9H,6-7H2,1-4H3. The van der Waals surface area contributed by atoms with E-state index < -0.39 is 0 Å². The summed E-state index contributed by atoms with van der Waals surface area (Å²) in [5.41, 5.74) is 0.891. The van der Waals surface area contributed by atoms with E-state index in [0.717, 1.165) is 11.5 Å². The highest BCUT2D eigenvalue weighted by molar-refractivity contribution is 6.29. The molecule has 90 valence electrons. The Balaban J connectivity index is 2.65. The van der Waals surface area contributed by atoms with Crippen LogP contribution in [0.3, 0.4) is 0 Å². The minimum Gasteiger partial charge on any atom is -0.383 e. The number of hydrogen-bond acceptors (Lipinski definition) is 4. The molecule has 1 aromatic heterocycles. The summed E-state index contributed by atoms with van der Waals surface area (Å²) >= 11 is 5.88. The van der Waals surface area contributed by atoms with Crippen LogP contribution in [0.25, 0.3) is 0 Å². The summed E-state index contributed by atoms with van der Waals surface area (Å²) in [6.45, 7) is 5.37. The molecular weight excluding hydrogens is 226 g/mol. The second kappa shape index (κ2) is 6.13. The van der Waals surface area contributed by atoms with Crippen molar-refractivity contribution in [1.29, 1.82) is 0 Å². The minimum absolute atomic E-state index is 0.327. The van der Waals surface area contributed by atoms with Crippen molar-refractivity contribution in [3.63, 3.8) is 0 Å². The van der Waals surface area contributed by atoms with Gasteiger partial charge in [0.15, 0.2) is 0 Å². The molecule has 0 N–H and O–H groups in total. The van der Waals surface area contributed by atoms with E-state index in [4.69, 9.17) is 16.3 Å². The lowest BCUT2D eigenvalue weighted by Crippen LogP contribution is -2.32. The minimum atomic E-state index is 0.327. The lowest BCUT2D eigenvalue weighted by atomic mass is 10.3. The average Bonchev–Trinajstić information content (AvgIpc) is 2.16. The van der Waals surface area contributed by atoms with Gasteiger partial charge in [0.1, 0.15) is 11.0 Å². The van der Waals surface area contributed by atoms with Gasteiger partial charge in [-0.05, 0) is 27.0 Å². The zero-order chi connectivity index (χ0) is 12.1. The maximum atomic E-state index is 5.88. The molecule has 16 heavy (non-hydrogen) atoms. The second-order valence-electron chi connectivity index (χ2n) is 3.97. The fourth-order valence-electron chi connectivity index (χ4n) is 1.41. The van der Waals surface area contributed by atoms with Gasteiger partial charge in [0, 0.05) is 18.8 Å². The Morgan fingerprint density at radius 1 is 1.50 bits per heavy atom. The van der Waals surface area contributed by atoms with E-state index in [1.54, 1.807) is 13.2 Å². The Labute approximate surface area is 102 Å². The van der Waals surface area contributed by atoms with E-state index in [1.807, 2.05) is 14.0 Å². The van der Waals surface area contributed by atoms with Crippen LogP contribution < -0.4 is 0 Å². The van der Waals surface area contributed by atoms with Gasteiger partial charge in [0.2, 0.25) is 0 Å². The third-order valence-corrected chi connectivity index (χ3v) is 2.61. The molecule has 0 amide bonds. The highest BCUT2D eigenvalue weighted by atomic mass is 35.5. The van der Waals surface area contributed by atoms with Crippen LogP contribution in [0.15, 0.2) is 6.07 Å². The maximum Gasteiger partial charge on any atom is 0.144 e. The quantitative estimate of drug-likeness (QED) is 0.741. The summed E-state index contributed by atoms with van der Waals surface area (Å²) in [6, 6.07) is 2.08. The maximum absolute atomic E-state index is 5.88. The van der Waals surface area contributed by atoms with Crippen molar-refractivity contribution in [1.82, 2.24) is 14.9 Å². The van der Waals surface area contributed by atoms with Gasteiger partial charge in [-0.3, -0.25) is 4.90 Å². The molecule has 1 atom stereocenters. The number of rotatable bonds is 5. The molecular formula is C11H18ClN3O. The Hall–Kier alpha value is -0.710. The lowest BCUT2D eigenvalue weighted by Gasteiger charge is -2.23. The predicted molar refractivity (Wildman–Crippen MR) is 64.6 cm³/mol. The third kappa shape index (κ3) is 4.04. The predicted octanol–water partition coefficient (Wildman–Crippen LogP) is 1.91. The second-order valence-corrected chi connectivity index (χ2v) is 4.36. The zero-order valence-corrected chi connectivity index (χ0v) is 11.0. The normalized spacial score (nSPS) is 13.1. The van der Waals surface area contributed by atoms with Crippen molar-refractivity contribution in [2.45, 2.75) is 26.4 Å². The molecule has 1 rings (SSSR count). The molecule has 0 fully saturated rings. The number of likely N-dealkylation sites (N-methyl/N-ethyl adjacent to an activating group) is 1. The molecule has 0 aromatic carbocycles. The van der Waals surface area contributed by atoms with E-state index >= 15 is 0 Å². The van der Waals surface area contributed by atoms with Crippen LogP contribution in [-0.2, 0) is 11.3 Å². The number of methoxy groups -OCH3 is 1. The number of halogens is 1. The van der Waals surface area contributed by atoms with Gasteiger partial charge in [-0.15, -0.1) is 0 Å². The SMILES string of the molecule is COCC(C)N(C)Cc1nc(C)cc(Cl)n1. The molecule has 0 radical (unpaired) electrons. The van der Waals surface area contributed by atoms with Gasteiger partial charge in [-0.1, -0.05) is 11.6 Å². The van der Waals surface area contributed by atoms with Gasteiger partial charge in [0.05, 0.1) is 13.2 Å². The van der Waals surface area contributed by atoms with E-state index in [-0.39, 0.29) is 0 Å². The van der Waals surface area contributed by atoms with Gasteiger partial charge in [-0.25, -0.2) is 9.97 Å². The van der Waals surface area contributed by atoms with Crippen LogP contribution in [0.2, 0.25) is 5.15 Å². The highest BCUT2D eigenvalue weighted by Crippen LogP contribution is 2.09. The van der Waals surface area contributed by atoms with Gasteiger partial charge < -0.3 is 4.74 Å². The van der Waals surface area contributed by atoms with Crippen molar-refractivity contribution < 1.29 is 4.74 Å². The first-order chi connectivity index (χ1) is 7.52. The largest absolute Gasteiger partial charge is 0.383 e. The van der Waals surface area contributed by atoms with E-state index in [1.165, 1.54) is 0 Å². The number of ether oxygens (including phenoxy) is 1. The number of aromatic nitrogens is 2. The van der Waals surface area contributed by atoms with Crippen molar-refractivity contribution in [2.24, 2.45) is 0 Å². The average molecular weight is 244 g/mol. The summed E-state index contributed by atoms with van der Waals surface area (Å²) in [5, 5.41) is 0.496. The highest BCUT2D eigenvalue weighted by Gasteiger charge is 2.11. The van der Waals surface area contributed by atoms with Gasteiger partial charge >= 0.3 is 0 Å². The summed E-state index contributed by atoms with van der Waals surface area (Å²) in [4.78, 5) is 10.7. The van der Waals surface area contributed by atoms with Gasteiger partial charge in [0.25, 0.3) is 0 Å². The molecule has 0 aliphatic carbocycles. The molecule has 5 heteroatoms. The number of nitrogens with zero attached hydrogens (tertiary/aromatic N) is 3. The molecule has 0 aliphatic heterocycles. The van der Waals surface area contributed by atoms with Crippen LogP contribution in [-0.4, -0.2) is 41.7 Å². The van der Waals surface area contributed by atoms with E-state index in [9.17, 15) is 0 Å². The number of hydrogen-bond donors (Lipinski definition) is 0. The Kier molecular flexibility index (Phi) is 5.12. The van der Waals surface area contributed by atoms with Crippen LogP contribution in [0, 0.1) is 6.92 Å². The molecule has 1 heterocycles. The Morgan fingerprint density at radius 3 is 2.75 bits per heavy atom.